The van der Waals surface area contributed by atoms with Gasteiger partial charge in [0.05, 0.1) is 11.3 Å². The number of nitrogens with zero attached hydrogens (tertiary/aromatic N) is 1. The predicted molar refractivity (Wildman–Crippen MR) is 65.2 cm³/mol. The summed E-state index contributed by atoms with van der Waals surface area (Å²) in [5.41, 5.74) is 7.61. The summed E-state index contributed by atoms with van der Waals surface area (Å²) in [5, 5.41) is 12.1. The Bertz CT molecular complexity index is 371. The van der Waals surface area contributed by atoms with Crippen molar-refractivity contribution in [1.29, 1.82) is 5.26 Å². The molecule has 4 nitrogen and oxygen atoms in total. The minimum absolute atomic E-state index is 0.580. The lowest BCUT2D eigenvalue weighted by Gasteiger charge is -2.08. The van der Waals surface area contributed by atoms with Gasteiger partial charge in [0.25, 0.3) is 0 Å². The summed E-state index contributed by atoms with van der Waals surface area (Å²) < 4.78 is 5.22. The fourth-order valence-corrected chi connectivity index (χ4v) is 1.35. The van der Waals surface area contributed by atoms with Crippen LogP contribution in [0.25, 0.3) is 0 Å². The molecule has 0 unspecified atom stereocenters. The van der Waals surface area contributed by atoms with E-state index in [1.54, 1.807) is 12.1 Å². The largest absolute Gasteiger partial charge is 0.399 e. The van der Waals surface area contributed by atoms with Gasteiger partial charge >= 0.3 is 0 Å². The second-order valence-electron chi connectivity index (χ2n) is 3.39. The number of nitriles is 1. The molecular weight excluding hydrogens is 202 g/mol. The number of rotatable bonds is 6. The maximum absolute atomic E-state index is 8.91. The number of hydrogen-bond acceptors (Lipinski definition) is 4. The van der Waals surface area contributed by atoms with E-state index in [1.165, 1.54) is 0 Å². The highest BCUT2D eigenvalue weighted by Gasteiger charge is 2.01. The topological polar surface area (TPSA) is 71.1 Å². The van der Waals surface area contributed by atoms with Crippen molar-refractivity contribution >= 4 is 11.4 Å². The third-order valence-corrected chi connectivity index (χ3v) is 2.15. The molecule has 0 aliphatic heterocycles. The van der Waals surface area contributed by atoms with Gasteiger partial charge in [0.15, 0.2) is 0 Å². The fourth-order valence-electron chi connectivity index (χ4n) is 1.35. The lowest BCUT2D eigenvalue weighted by molar-refractivity contribution is 0.147. The lowest BCUT2D eigenvalue weighted by Crippen LogP contribution is -2.07. The monoisotopic (exact) mass is 219 g/mol. The minimum atomic E-state index is 0.580. The number of nitrogens with one attached hydrogen (secondary N) is 1. The van der Waals surface area contributed by atoms with E-state index >= 15 is 0 Å². The third-order valence-electron chi connectivity index (χ3n) is 2.15. The van der Waals surface area contributed by atoms with Crippen LogP contribution in [0.4, 0.5) is 11.4 Å². The number of hydrogen-bond donors (Lipinski definition) is 2. The van der Waals surface area contributed by atoms with Crippen LogP contribution in [0, 0.1) is 11.3 Å². The van der Waals surface area contributed by atoms with Crippen molar-refractivity contribution in [3.05, 3.63) is 23.8 Å². The highest BCUT2D eigenvalue weighted by molar-refractivity contribution is 5.62. The molecule has 3 N–H and O–H groups in total. The van der Waals surface area contributed by atoms with Gasteiger partial charge in [0, 0.05) is 25.4 Å². The van der Waals surface area contributed by atoms with E-state index in [4.69, 9.17) is 15.7 Å². The Labute approximate surface area is 96.0 Å². The lowest BCUT2D eigenvalue weighted by atomic mass is 10.1. The molecule has 0 radical (unpaired) electrons. The molecule has 0 amide bonds. The molecule has 4 heteroatoms. The molecule has 0 saturated carbocycles. The molecule has 0 heterocycles. The Morgan fingerprint density at radius 1 is 1.50 bits per heavy atom. The number of nitrogen functional groups attached to an aromatic ring is 1. The van der Waals surface area contributed by atoms with Crippen molar-refractivity contribution in [1.82, 2.24) is 0 Å². The summed E-state index contributed by atoms with van der Waals surface area (Å²) in [6.07, 6.45) is 0.920. The molecule has 0 atom stereocenters. The van der Waals surface area contributed by atoms with E-state index in [9.17, 15) is 0 Å². The van der Waals surface area contributed by atoms with Gasteiger partial charge in [-0.15, -0.1) is 0 Å². The van der Waals surface area contributed by atoms with Gasteiger partial charge in [0.2, 0.25) is 0 Å². The summed E-state index contributed by atoms with van der Waals surface area (Å²) in [6.45, 7) is 4.24. The van der Waals surface area contributed by atoms with Crippen LogP contribution in [-0.4, -0.2) is 19.8 Å². The first-order chi connectivity index (χ1) is 7.77. The second-order valence-corrected chi connectivity index (χ2v) is 3.39. The summed E-state index contributed by atoms with van der Waals surface area (Å²) in [5.74, 6) is 0. The van der Waals surface area contributed by atoms with Crippen LogP contribution in [-0.2, 0) is 4.74 Å². The number of anilines is 2. The van der Waals surface area contributed by atoms with E-state index in [1.807, 2.05) is 13.0 Å². The average molecular weight is 219 g/mol. The Morgan fingerprint density at radius 2 is 2.31 bits per heavy atom. The first-order valence-corrected chi connectivity index (χ1v) is 5.39. The van der Waals surface area contributed by atoms with E-state index in [2.05, 4.69) is 11.4 Å². The van der Waals surface area contributed by atoms with E-state index in [-0.39, 0.29) is 0 Å². The zero-order chi connectivity index (χ0) is 11.8. The second kappa shape index (κ2) is 6.70. The molecular formula is C12H17N3O. The van der Waals surface area contributed by atoms with Gasteiger partial charge in [-0.05, 0) is 31.5 Å². The Morgan fingerprint density at radius 3 is 3.00 bits per heavy atom. The number of nitrogens with two attached hydrogens (primary N) is 1. The molecule has 0 spiro atoms. The third kappa shape index (κ3) is 3.79. The normalized spacial score (nSPS) is 9.75. The first-order valence-electron chi connectivity index (χ1n) is 5.39. The summed E-state index contributed by atoms with van der Waals surface area (Å²) in [4.78, 5) is 0. The van der Waals surface area contributed by atoms with Gasteiger partial charge in [-0.1, -0.05) is 0 Å². The molecule has 0 bridgehead atoms. The minimum Gasteiger partial charge on any atom is -0.399 e. The van der Waals surface area contributed by atoms with Crippen LogP contribution >= 0.6 is 0 Å². The van der Waals surface area contributed by atoms with E-state index in [0.717, 1.165) is 31.9 Å². The van der Waals surface area contributed by atoms with Crippen LogP contribution in [0.15, 0.2) is 18.2 Å². The van der Waals surface area contributed by atoms with Crippen molar-refractivity contribution in [2.75, 3.05) is 30.8 Å². The Hall–Kier alpha value is -1.73. The molecule has 1 rings (SSSR count). The standard InChI is InChI=1S/C12H17N3O/c1-2-16-7-3-6-15-12-5-4-11(14)8-10(12)9-13/h4-5,8,15H,2-3,6-7,14H2,1H3. The van der Waals surface area contributed by atoms with Crippen LogP contribution < -0.4 is 11.1 Å². The zero-order valence-electron chi connectivity index (χ0n) is 9.49. The molecule has 86 valence electrons. The van der Waals surface area contributed by atoms with Crippen LogP contribution in [0.2, 0.25) is 0 Å². The van der Waals surface area contributed by atoms with Gasteiger partial charge < -0.3 is 15.8 Å². The molecule has 0 fully saturated rings. The van der Waals surface area contributed by atoms with Gasteiger partial charge in [-0.25, -0.2) is 0 Å². The quantitative estimate of drug-likeness (QED) is 0.567. The molecule has 0 aromatic heterocycles. The summed E-state index contributed by atoms with van der Waals surface area (Å²) in [6, 6.07) is 7.40. The Balaban J connectivity index is 2.45. The predicted octanol–water partition coefficient (Wildman–Crippen LogP) is 1.98. The molecule has 1 aromatic rings. The maximum Gasteiger partial charge on any atom is 0.101 e. The molecule has 16 heavy (non-hydrogen) atoms. The van der Waals surface area contributed by atoms with Crippen molar-refractivity contribution in [2.45, 2.75) is 13.3 Å². The first kappa shape index (κ1) is 12.3. The molecule has 0 aliphatic rings. The molecule has 0 aliphatic carbocycles. The summed E-state index contributed by atoms with van der Waals surface area (Å²) >= 11 is 0. The number of benzene rings is 1. The summed E-state index contributed by atoms with van der Waals surface area (Å²) in [7, 11) is 0. The highest BCUT2D eigenvalue weighted by Crippen LogP contribution is 2.17. The van der Waals surface area contributed by atoms with Gasteiger partial charge in [-0.2, -0.15) is 5.26 Å². The van der Waals surface area contributed by atoms with Crippen LogP contribution in [0.1, 0.15) is 18.9 Å². The van der Waals surface area contributed by atoms with Crippen molar-refractivity contribution < 1.29 is 4.74 Å². The van der Waals surface area contributed by atoms with Crippen molar-refractivity contribution in [3.63, 3.8) is 0 Å². The number of ether oxygens (including phenoxy) is 1. The maximum atomic E-state index is 8.91. The SMILES string of the molecule is CCOCCCNc1ccc(N)cc1C#N. The Kier molecular flexibility index (Phi) is 5.17. The van der Waals surface area contributed by atoms with E-state index in [0.29, 0.717) is 11.3 Å². The van der Waals surface area contributed by atoms with Crippen LogP contribution in [0.5, 0.6) is 0 Å². The van der Waals surface area contributed by atoms with Gasteiger partial charge in [-0.3, -0.25) is 0 Å². The van der Waals surface area contributed by atoms with Crippen molar-refractivity contribution in [3.8, 4) is 6.07 Å². The molecule has 0 saturated heterocycles. The average Bonchev–Trinajstić information content (AvgIpc) is 2.30. The van der Waals surface area contributed by atoms with E-state index < -0.39 is 0 Å². The fraction of sp³-hybridized carbons (Fsp3) is 0.417. The van der Waals surface area contributed by atoms with Gasteiger partial charge in [0.1, 0.15) is 6.07 Å². The smallest absolute Gasteiger partial charge is 0.101 e. The highest BCUT2D eigenvalue weighted by atomic mass is 16.5. The van der Waals surface area contributed by atoms with Crippen molar-refractivity contribution in [2.24, 2.45) is 0 Å². The molecule has 1 aromatic carbocycles. The van der Waals surface area contributed by atoms with Crippen LogP contribution in [0.3, 0.4) is 0 Å². The zero-order valence-corrected chi connectivity index (χ0v) is 9.49.